The van der Waals surface area contributed by atoms with Gasteiger partial charge in [-0.3, -0.25) is 9.69 Å². The van der Waals surface area contributed by atoms with Crippen molar-refractivity contribution in [2.75, 3.05) is 4.90 Å². The van der Waals surface area contributed by atoms with Crippen LogP contribution >= 0.6 is 11.3 Å². The van der Waals surface area contributed by atoms with E-state index in [0.717, 1.165) is 35.6 Å². The molecule has 0 unspecified atom stereocenters. The number of rotatable bonds is 3. The zero-order valence-corrected chi connectivity index (χ0v) is 15.7. The number of nitrogens with zero attached hydrogens (tertiary/aromatic N) is 1. The first-order chi connectivity index (χ1) is 13.3. The first kappa shape index (κ1) is 16.3. The molecule has 134 valence electrons. The van der Waals surface area contributed by atoms with E-state index in [4.69, 9.17) is 0 Å². The molecule has 2 aliphatic rings. The summed E-state index contributed by atoms with van der Waals surface area (Å²) < 4.78 is 0. The van der Waals surface area contributed by atoms with Gasteiger partial charge in [-0.05, 0) is 59.5 Å². The second kappa shape index (κ2) is 6.71. The minimum atomic E-state index is 0.0298. The van der Waals surface area contributed by atoms with Crippen molar-refractivity contribution in [3.8, 4) is 0 Å². The third-order valence-electron chi connectivity index (χ3n) is 5.38. The number of allylic oxidation sites excluding steroid dienone is 1. The van der Waals surface area contributed by atoms with Gasteiger partial charge in [0.1, 0.15) is 5.82 Å². The number of thiophene rings is 1. The summed E-state index contributed by atoms with van der Waals surface area (Å²) in [4.78, 5) is 15.9. The van der Waals surface area contributed by atoms with Crippen molar-refractivity contribution in [2.24, 2.45) is 0 Å². The first-order valence-electron chi connectivity index (χ1n) is 9.31. The van der Waals surface area contributed by atoms with Crippen LogP contribution in [0.2, 0.25) is 0 Å². The van der Waals surface area contributed by atoms with Gasteiger partial charge in [0, 0.05) is 0 Å². The van der Waals surface area contributed by atoms with E-state index in [1.807, 2.05) is 40.6 Å². The Morgan fingerprint density at radius 3 is 2.67 bits per heavy atom. The fourth-order valence-corrected chi connectivity index (χ4v) is 4.72. The smallest absolute Gasteiger partial charge is 0.274 e. The Balaban J connectivity index is 1.51. The molecule has 1 aliphatic carbocycles. The molecule has 4 heteroatoms. The maximum absolute atomic E-state index is 13.3. The molecule has 1 amide bonds. The largest absolute Gasteiger partial charge is 0.365 e. The van der Waals surface area contributed by atoms with E-state index >= 15 is 0 Å². The van der Waals surface area contributed by atoms with Crippen molar-refractivity contribution in [2.45, 2.75) is 25.3 Å². The highest BCUT2D eigenvalue weighted by Crippen LogP contribution is 2.35. The number of aryl methyl sites for hydroxylation is 1. The Morgan fingerprint density at radius 2 is 1.81 bits per heavy atom. The Hall–Kier alpha value is -2.85. The third-order valence-corrected chi connectivity index (χ3v) is 6.24. The highest BCUT2D eigenvalue weighted by molar-refractivity contribution is 7.12. The van der Waals surface area contributed by atoms with Crippen LogP contribution in [-0.4, -0.2) is 5.91 Å². The van der Waals surface area contributed by atoms with E-state index in [1.54, 1.807) is 0 Å². The molecule has 0 fully saturated rings. The Labute approximate surface area is 163 Å². The summed E-state index contributed by atoms with van der Waals surface area (Å²) in [6.07, 6.45) is 5.12. The van der Waals surface area contributed by atoms with Gasteiger partial charge in [-0.15, -0.1) is 11.3 Å². The standard InChI is InChI=1S/C23H20N2OS/c26-23(21-10-5-15-27-21)25-20-9-4-2-7-17(20)12-14-22(25)24-19-13-11-16-6-1-3-8-18(16)19/h1-10,14-15,19,24H,11-13H2/t19-/m1/s1. The van der Waals surface area contributed by atoms with Gasteiger partial charge >= 0.3 is 0 Å². The maximum Gasteiger partial charge on any atom is 0.274 e. The van der Waals surface area contributed by atoms with Crippen molar-refractivity contribution in [1.82, 2.24) is 5.32 Å². The molecule has 0 saturated heterocycles. The van der Waals surface area contributed by atoms with E-state index in [2.05, 4.69) is 41.7 Å². The summed E-state index contributed by atoms with van der Waals surface area (Å²) in [6, 6.07) is 20.8. The SMILES string of the molecule is O=C(c1cccs1)N1C(N[C@@H]2CCc3ccccc32)=CCc2ccccc21. The number of amides is 1. The van der Waals surface area contributed by atoms with Crippen LogP contribution in [0, 0.1) is 0 Å². The van der Waals surface area contributed by atoms with Gasteiger partial charge in [-0.1, -0.05) is 48.5 Å². The quantitative estimate of drug-likeness (QED) is 0.696. The maximum atomic E-state index is 13.3. The lowest BCUT2D eigenvalue weighted by Gasteiger charge is -2.33. The van der Waals surface area contributed by atoms with Crippen LogP contribution in [-0.2, 0) is 12.8 Å². The highest BCUT2D eigenvalue weighted by atomic mass is 32.1. The first-order valence-corrected chi connectivity index (χ1v) is 10.2. The lowest BCUT2D eigenvalue weighted by molar-refractivity contribution is 0.0995. The molecule has 0 spiro atoms. The Kier molecular flexibility index (Phi) is 4.06. The van der Waals surface area contributed by atoms with Crippen LogP contribution < -0.4 is 10.2 Å². The fourth-order valence-electron chi connectivity index (χ4n) is 4.07. The molecule has 5 rings (SSSR count). The number of nitrogens with one attached hydrogen (secondary N) is 1. The summed E-state index contributed by atoms with van der Waals surface area (Å²) in [5.74, 6) is 0.927. The number of carbonyl (C=O) groups is 1. The average Bonchev–Trinajstić information content (AvgIpc) is 3.38. The molecule has 2 aromatic carbocycles. The normalized spacial score (nSPS) is 17.9. The molecule has 2 heterocycles. The summed E-state index contributed by atoms with van der Waals surface area (Å²) in [7, 11) is 0. The lowest BCUT2D eigenvalue weighted by Crippen LogP contribution is -2.40. The number of carbonyl (C=O) groups excluding carboxylic acids is 1. The van der Waals surface area contributed by atoms with Gasteiger partial charge < -0.3 is 5.32 Å². The number of benzene rings is 2. The van der Waals surface area contributed by atoms with Crippen LogP contribution in [0.3, 0.4) is 0 Å². The van der Waals surface area contributed by atoms with Gasteiger partial charge in [-0.25, -0.2) is 0 Å². The van der Waals surface area contributed by atoms with E-state index in [-0.39, 0.29) is 11.9 Å². The van der Waals surface area contributed by atoms with E-state index in [0.29, 0.717) is 0 Å². The summed E-state index contributed by atoms with van der Waals surface area (Å²) >= 11 is 1.49. The molecule has 1 N–H and O–H groups in total. The van der Waals surface area contributed by atoms with Gasteiger partial charge in [0.05, 0.1) is 16.6 Å². The number of hydrogen-bond acceptors (Lipinski definition) is 3. The monoisotopic (exact) mass is 372 g/mol. The summed E-state index contributed by atoms with van der Waals surface area (Å²) in [5, 5.41) is 5.63. The van der Waals surface area contributed by atoms with Gasteiger partial charge in [0.2, 0.25) is 0 Å². The summed E-state index contributed by atoms with van der Waals surface area (Å²) in [6.45, 7) is 0. The zero-order valence-electron chi connectivity index (χ0n) is 14.9. The van der Waals surface area contributed by atoms with E-state index in [1.165, 1.54) is 28.0 Å². The minimum Gasteiger partial charge on any atom is -0.365 e. The number of anilines is 1. The Bertz CT molecular complexity index is 1020. The molecule has 3 aromatic rings. The fraction of sp³-hybridized carbons (Fsp3) is 0.174. The molecule has 3 nitrogen and oxygen atoms in total. The predicted octanol–water partition coefficient (Wildman–Crippen LogP) is 5.07. The number of fused-ring (bicyclic) bond motifs is 2. The number of para-hydroxylation sites is 1. The van der Waals surface area contributed by atoms with Gasteiger partial charge in [0.15, 0.2) is 0 Å². The Morgan fingerprint density at radius 1 is 1.00 bits per heavy atom. The van der Waals surface area contributed by atoms with Gasteiger partial charge in [0.25, 0.3) is 5.91 Å². The molecule has 1 aromatic heterocycles. The van der Waals surface area contributed by atoms with E-state index in [9.17, 15) is 4.79 Å². The molecule has 1 aliphatic heterocycles. The van der Waals surface area contributed by atoms with Crippen molar-refractivity contribution in [3.05, 3.63) is 99.5 Å². The minimum absolute atomic E-state index is 0.0298. The average molecular weight is 372 g/mol. The molecular formula is C23H20N2OS. The molecule has 0 bridgehead atoms. The molecule has 0 saturated carbocycles. The van der Waals surface area contributed by atoms with Crippen LogP contribution in [0.4, 0.5) is 5.69 Å². The topological polar surface area (TPSA) is 32.3 Å². The molecule has 27 heavy (non-hydrogen) atoms. The summed E-state index contributed by atoms with van der Waals surface area (Å²) in [5.41, 5.74) is 4.91. The van der Waals surface area contributed by atoms with Crippen LogP contribution in [0.15, 0.2) is 77.9 Å². The highest BCUT2D eigenvalue weighted by Gasteiger charge is 2.30. The zero-order chi connectivity index (χ0) is 18.2. The molecule has 1 atom stereocenters. The van der Waals surface area contributed by atoms with Crippen molar-refractivity contribution in [3.63, 3.8) is 0 Å². The third kappa shape index (κ3) is 2.86. The van der Waals surface area contributed by atoms with Crippen molar-refractivity contribution >= 4 is 22.9 Å². The van der Waals surface area contributed by atoms with Crippen molar-refractivity contribution in [1.29, 1.82) is 0 Å². The van der Waals surface area contributed by atoms with E-state index < -0.39 is 0 Å². The molecular weight excluding hydrogens is 352 g/mol. The second-order valence-corrected chi connectivity index (χ2v) is 7.92. The van der Waals surface area contributed by atoms with Crippen LogP contribution in [0.25, 0.3) is 0 Å². The van der Waals surface area contributed by atoms with Crippen LogP contribution in [0.1, 0.15) is 38.8 Å². The predicted molar refractivity (Wildman–Crippen MR) is 110 cm³/mol. The van der Waals surface area contributed by atoms with Crippen LogP contribution in [0.5, 0.6) is 0 Å². The second-order valence-electron chi connectivity index (χ2n) is 6.97. The van der Waals surface area contributed by atoms with Gasteiger partial charge in [-0.2, -0.15) is 0 Å². The number of hydrogen-bond donors (Lipinski definition) is 1. The lowest BCUT2D eigenvalue weighted by atomic mass is 10.0. The molecule has 0 radical (unpaired) electrons. The van der Waals surface area contributed by atoms with Crippen molar-refractivity contribution < 1.29 is 4.79 Å².